The van der Waals surface area contributed by atoms with Crippen LogP contribution in [0.1, 0.15) is 13.3 Å². The Bertz CT molecular complexity index is 579. The van der Waals surface area contributed by atoms with E-state index in [-0.39, 0.29) is 12.0 Å². The molecule has 3 atom stereocenters. The number of hydrogen-bond donors (Lipinski definition) is 1. The molecule has 22 heavy (non-hydrogen) atoms. The molecule has 1 heterocycles. The molecule has 0 bridgehead atoms. The highest BCUT2D eigenvalue weighted by atomic mass is 16.5. The smallest absolute Gasteiger partial charge is 0.119 e. The Labute approximate surface area is 131 Å². The van der Waals surface area contributed by atoms with Gasteiger partial charge in [0.05, 0.1) is 6.10 Å². The van der Waals surface area contributed by atoms with Crippen LogP contribution in [0.2, 0.25) is 0 Å². The molecule has 1 saturated heterocycles. The van der Waals surface area contributed by atoms with Crippen molar-refractivity contribution < 1.29 is 14.6 Å². The first-order valence-electron chi connectivity index (χ1n) is 7.82. The van der Waals surface area contributed by atoms with Gasteiger partial charge in [-0.15, -0.1) is 0 Å². The summed E-state index contributed by atoms with van der Waals surface area (Å²) in [4.78, 5) is 0. The van der Waals surface area contributed by atoms with Gasteiger partial charge in [0.25, 0.3) is 0 Å². The van der Waals surface area contributed by atoms with Crippen LogP contribution in [-0.4, -0.2) is 30.5 Å². The van der Waals surface area contributed by atoms with Gasteiger partial charge in [0, 0.05) is 6.61 Å². The number of hydrogen-bond acceptors (Lipinski definition) is 3. The lowest BCUT2D eigenvalue weighted by Crippen LogP contribution is -2.43. The molecule has 1 N–H and O–H groups in total. The van der Waals surface area contributed by atoms with Crippen LogP contribution in [0.4, 0.5) is 0 Å². The zero-order chi connectivity index (χ0) is 15.4. The van der Waals surface area contributed by atoms with Crippen molar-refractivity contribution in [2.75, 3.05) is 13.2 Å². The number of aliphatic hydroxyl groups excluding tert-OH is 1. The Kier molecular flexibility index (Phi) is 4.76. The first-order chi connectivity index (χ1) is 10.7. The van der Waals surface area contributed by atoms with Crippen molar-refractivity contribution in [2.45, 2.75) is 25.6 Å². The molecule has 2 aromatic rings. The molecule has 1 aliphatic rings. The van der Waals surface area contributed by atoms with E-state index in [0.29, 0.717) is 13.2 Å². The van der Waals surface area contributed by atoms with Gasteiger partial charge < -0.3 is 14.6 Å². The molecular formula is C19H22O3. The third kappa shape index (κ3) is 3.49. The monoisotopic (exact) mass is 298 g/mol. The summed E-state index contributed by atoms with van der Waals surface area (Å²) in [7, 11) is 0. The van der Waals surface area contributed by atoms with Crippen molar-refractivity contribution >= 4 is 0 Å². The third-order valence-corrected chi connectivity index (χ3v) is 4.24. The van der Waals surface area contributed by atoms with E-state index in [1.165, 1.54) is 5.56 Å². The van der Waals surface area contributed by atoms with Crippen molar-refractivity contribution in [1.82, 2.24) is 0 Å². The highest BCUT2D eigenvalue weighted by molar-refractivity contribution is 5.63. The largest absolute Gasteiger partial charge is 0.491 e. The lowest BCUT2D eigenvalue weighted by molar-refractivity contribution is -0.114. The fourth-order valence-electron chi connectivity index (χ4n) is 2.74. The Morgan fingerprint density at radius 2 is 1.73 bits per heavy atom. The van der Waals surface area contributed by atoms with Crippen molar-refractivity contribution in [1.29, 1.82) is 0 Å². The molecule has 0 aliphatic carbocycles. The number of benzene rings is 2. The molecule has 0 saturated carbocycles. The highest BCUT2D eigenvalue weighted by Gasteiger charge is 2.30. The molecule has 0 amide bonds. The predicted molar refractivity (Wildman–Crippen MR) is 86.9 cm³/mol. The minimum absolute atomic E-state index is 0.238. The minimum Gasteiger partial charge on any atom is -0.491 e. The van der Waals surface area contributed by atoms with Crippen molar-refractivity contribution in [3.63, 3.8) is 0 Å². The summed E-state index contributed by atoms with van der Waals surface area (Å²) in [5.41, 5.74) is 2.35. The van der Waals surface area contributed by atoms with E-state index >= 15 is 0 Å². The molecule has 0 aromatic heterocycles. The third-order valence-electron chi connectivity index (χ3n) is 4.24. The summed E-state index contributed by atoms with van der Waals surface area (Å²) in [6.07, 6.45) is 0.221. The Hall–Kier alpha value is -1.84. The van der Waals surface area contributed by atoms with Gasteiger partial charge in [-0.05, 0) is 35.6 Å². The molecule has 3 rings (SSSR count). The summed E-state index contributed by atoms with van der Waals surface area (Å²) in [5, 5.41) is 10.1. The normalized spacial score (nSPS) is 24.9. The van der Waals surface area contributed by atoms with Gasteiger partial charge in [-0.1, -0.05) is 49.4 Å². The predicted octanol–water partition coefficient (Wildman–Crippen LogP) is 3.52. The molecule has 3 nitrogen and oxygen atoms in total. The second-order valence-corrected chi connectivity index (χ2v) is 5.87. The van der Waals surface area contributed by atoms with Crippen LogP contribution in [0.5, 0.6) is 5.75 Å². The van der Waals surface area contributed by atoms with Gasteiger partial charge >= 0.3 is 0 Å². The average molecular weight is 298 g/mol. The zero-order valence-corrected chi connectivity index (χ0v) is 12.8. The van der Waals surface area contributed by atoms with Crippen molar-refractivity contribution in [3.8, 4) is 16.9 Å². The van der Waals surface area contributed by atoms with E-state index in [2.05, 4.69) is 19.1 Å². The van der Waals surface area contributed by atoms with Gasteiger partial charge in [-0.3, -0.25) is 0 Å². The molecule has 3 heteroatoms. The molecular weight excluding hydrogens is 276 g/mol. The number of ether oxygens (including phenoxy) is 2. The summed E-state index contributed by atoms with van der Waals surface area (Å²) in [6.45, 7) is 3.13. The van der Waals surface area contributed by atoms with Crippen LogP contribution < -0.4 is 4.74 Å². The van der Waals surface area contributed by atoms with Crippen LogP contribution in [0.15, 0.2) is 54.6 Å². The maximum atomic E-state index is 10.1. The second kappa shape index (κ2) is 6.95. The Morgan fingerprint density at radius 1 is 1.05 bits per heavy atom. The van der Waals surface area contributed by atoms with Crippen molar-refractivity contribution in [3.05, 3.63) is 54.6 Å². The first kappa shape index (κ1) is 15.1. The fraction of sp³-hybridized carbons (Fsp3) is 0.368. The number of rotatable bonds is 4. The summed E-state index contributed by atoms with van der Waals surface area (Å²) < 4.78 is 11.4. The van der Waals surface area contributed by atoms with E-state index in [9.17, 15) is 5.11 Å². The lowest BCUT2D eigenvalue weighted by atomic mass is 9.94. The van der Waals surface area contributed by atoms with E-state index < -0.39 is 6.10 Å². The number of aliphatic hydroxyl groups is 1. The van der Waals surface area contributed by atoms with Gasteiger partial charge in [-0.25, -0.2) is 0 Å². The fourth-order valence-corrected chi connectivity index (χ4v) is 2.74. The van der Waals surface area contributed by atoms with E-state index in [4.69, 9.17) is 9.47 Å². The van der Waals surface area contributed by atoms with Gasteiger partial charge in [-0.2, -0.15) is 0 Å². The molecule has 1 fully saturated rings. The van der Waals surface area contributed by atoms with Crippen molar-refractivity contribution in [2.24, 2.45) is 5.92 Å². The zero-order valence-electron chi connectivity index (χ0n) is 12.8. The second-order valence-electron chi connectivity index (χ2n) is 5.87. The van der Waals surface area contributed by atoms with Crippen LogP contribution in [0.25, 0.3) is 11.1 Å². The first-order valence-corrected chi connectivity index (χ1v) is 7.82. The SMILES string of the molecule is CC1CCOC(COc2ccc(-c3ccccc3)cc2)C1O. The highest BCUT2D eigenvalue weighted by Crippen LogP contribution is 2.24. The summed E-state index contributed by atoms with van der Waals surface area (Å²) >= 11 is 0. The molecule has 3 unspecified atom stereocenters. The van der Waals surface area contributed by atoms with Crippen LogP contribution >= 0.6 is 0 Å². The Balaban J connectivity index is 1.60. The van der Waals surface area contributed by atoms with Crippen LogP contribution in [0.3, 0.4) is 0 Å². The molecule has 0 radical (unpaired) electrons. The van der Waals surface area contributed by atoms with Crippen LogP contribution in [0, 0.1) is 5.92 Å². The minimum atomic E-state index is -0.447. The topological polar surface area (TPSA) is 38.7 Å². The average Bonchev–Trinajstić information content (AvgIpc) is 2.57. The van der Waals surface area contributed by atoms with E-state index in [0.717, 1.165) is 17.7 Å². The summed E-state index contributed by atoms with van der Waals surface area (Å²) in [5.74, 6) is 1.07. The quantitative estimate of drug-likeness (QED) is 0.938. The molecule has 116 valence electrons. The molecule has 0 spiro atoms. The van der Waals surface area contributed by atoms with Gasteiger partial charge in [0.1, 0.15) is 18.5 Å². The molecule has 1 aliphatic heterocycles. The maximum Gasteiger partial charge on any atom is 0.119 e. The van der Waals surface area contributed by atoms with E-state index in [1.807, 2.05) is 42.5 Å². The van der Waals surface area contributed by atoms with Gasteiger partial charge in [0.15, 0.2) is 0 Å². The summed E-state index contributed by atoms with van der Waals surface area (Å²) in [6, 6.07) is 18.3. The molecule has 2 aromatic carbocycles. The van der Waals surface area contributed by atoms with Gasteiger partial charge in [0.2, 0.25) is 0 Å². The van der Waals surface area contributed by atoms with E-state index in [1.54, 1.807) is 0 Å². The standard InChI is InChI=1S/C19H22O3/c1-14-11-12-21-18(19(14)20)13-22-17-9-7-16(8-10-17)15-5-3-2-4-6-15/h2-10,14,18-20H,11-13H2,1H3. The lowest BCUT2D eigenvalue weighted by Gasteiger charge is -2.32. The maximum absolute atomic E-state index is 10.1. The van der Waals surface area contributed by atoms with Crippen LogP contribution in [-0.2, 0) is 4.74 Å². The Morgan fingerprint density at radius 3 is 2.45 bits per heavy atom.